The fraction of sp³-hybridized carbons (Fsp3) is 0.923. The number of carbonyl (C=O) groups is 1. The SMILES string of the molecule is CCC(CC)(CN)C(=O)NCCOCC1CC1. The van der Waals surface area contributed by atoms with Gasteiger partial charge in [0.2, 0.25) is 5.91 Å². The van der Waals surface area contributed by atoms with E-state index in [1.165, 1.54) is 12.8 Å². The number of amides is 1. The largest absolute Gasteiger partial charge is 0.379 e. The quantitative estimate of drug-likeness (QED) is 0.599. The van der Waals surface area contributed by atoms with E-state index in [1.54, 1.807) is 0 Å². The van der Waals surface area contributed by atoms with Gasteiger partial charge in [-0.3, -0.25) is 4.79 Å². The van der Waals surface area contributed by atoms with Gasteiger partial charge in [-0.25, -0.2) is 0 Å². The second kappa shape index (κ2) is 6.97. The summed E-state index contributed by atoms with van der Waals surface area (Å²) in [6, 6.07) is 0. The van der Waals surface area contributed by atoms with Crippen LogP contribution in [0.4, 0.5) is 0 Å². The van der Waals surface area contributed by atoms with E-state index >= 15 is 0 Å². The van der Waals surface area contributed by atoms with Crippen LogP contribution in [-0.2, 0) is 9.53 Å². The Morgan fingerprint density at radius 2 is 2.06 bits per heavy atom. The first-order chi connectivity index (χ1) is 8.18. The summed E-state index contributed by atoms with van der Waals surface area (Å²) in [5, 5.41) is 2.93. The second-order valence-electron chi connectivity index (χ2n) is 4.97. The van der Waals surface area contributed by atoms with Gasteiger partial charge < -0.3 is 15.8 Å². The molecule has 0 bridgehead atoms. The number of rotatable bonds is 9. The maximum atomic E-state index is 12.0. The maximum Gasteiger partial charge on any atom is 0.227 e. The minimum atomic E-state index is -0.392. The molecule has 1 rings (SSSR count). The van der Waals surface area contributed by atoms with Crippen LogP contribution in [0, 0.1) is 11.3 Å². The lowest BCUT2D eigenvalue weighted by Gasteiger charge is -2.28. The van der Waals surface area contributed by atoms with E-state index in [-0.39, 0.29) is 5.91 Å². The van der Waals surface area contributed by atoms with Crippen molar-refractivity contribution in [1.29, 1.82) is 0 Å². The van der Waals surface area contributed by atoms with Crippen molar-refractivity contribution in [2.45, 2.75) is 39.5 Å². The number of carbonyl (C=O) groups excluding carboxylic acids is 1. The van der Waals surface area contributed by atoms with Gasteiger partial charge in [0.25, 0.3) is 0 Å². The summed E-state index contributed by atoms with van der Waals surface area (Å²) < 4.78 is 5.48. The van der Waals surface area contributed by atoms with Crippen LogP contribution in [0.25, 0.3) is 0 Å². The molecule has 100 valence electrons. The Balaban J connectivity index is 2.16. The molecule has 0 radical (unpaired) electrons. The van der Waals surface area contributed by atoms with E-state index in [9.17, 15) is 4.79 Å². The molecule has 17 heavy (non-hydrogen) atoms. The molecule has 1 amide bonds. The van der Waals surface area contributed by atoms with E-state index in [0.29, 0.717) is 19.7 Å². The lowest BCUT2D eigenvalue weighted by Crippen LogP contribution is -2.46. The standard InChI is InChI=1S/C13H26N2O2/c1-3-13(4-2,10-14)12(16)15-7-8-17-9-11-5-6-11/h11H,3-10,14H2,1-2H3,(H,15,16). The van der Waals surface area contributed by atoms with Gasteiger partial charge in [-0.15, -0.1) is 0 Å². The highest BCUT2D eigenvalue weighted by Gasteiger charge is 2.32. The molecule has 0 heterocycles. The third-order valence-electron chi connectivity index (χ3n) is 3.81. The van der Waals surface area contributed by atoms with Crippen LogP contribution in [-0.4, -0.2) is 32.2 Å². The summed E-state index contributed by atoms with van der Waals surface area (Å²) in [5.74, 6) is 0.847. The molecule has 3 N–H and O–H groups in total. The normalized spacial score (nSPS) is 15.9. The smallest absolute Gasteiger partial charge is 0.227 e. The van der Waals surface area contributed by atoms with Crippen LogP contribution < -0.4 is 11.1 Å². The molecule has 0 aromatic carbocycles. The Bertz CT molecular complexity index is 227. The van der Waals surface area contributed by atoms with Crippen molar-refractivity contribution in [3.8, 4) is 0 Å². The average Bonchev–Trinajstić information content (AvgIpc) is 3.16. The van der Waals surface area contributed by atoms with Crippen molar-refractivity contribution in [3.05, 3.63) is 0 Å². The first-order valence-corrected chi connectivity index (χ1v) is 6.74. The van der Waals surface area contributed by atoms with Gasteiger partial charge in [0.05, 0.1) is 12.0 Å². The zero-order valence-electron chi connectivity index (χ0n) is 11.1. The first kappa shape index (κ1) is 14.5. The molecule has 0 atom stereocenters. The van der Waals surface area contributed by atoms with Crippen LogP contribution in [0.3, 0.4) is 0 Å². The first-order valence-electron chi connectivity index (χ1n) is 6.74. The molecule has 0 aromatic rings. The average molecular weight is 242 g/mol. The van der Waals surface area contributed by atoms with Gasteiger partial charge in [-0.1, -0.05) is 13.8 Å². The summed E-state index contributed by atoms with van der Waals surface area (Å²) in [4.78, 5) is 12.0. The zero-order chi connectivity index (χ0) is 12.7. The lowest BCUT2D eigenvalue weighted by atomic mass is 9.81. The van der Waals surface area contributed by atoms with Crippen molar-refractivity contribution in [2.75, 3.05) is 26.3 Å². The summed E-state index contributed by atoms with van der Waals surface area (Å²) >= 11 is 0. The van der Waals surface area contributed by atoms with Crippen molar-refractivity contribution in [1.82, 2.24) is 5.32 Å². The Morgan fingerprint density at radius 1 is 1.41 bits per heavy atom. The monoisotopic (exact) mass is 242 g/mol. The van der Waals surface area contributed by atoms with E-state index < -0.39 is 5.41 Å². The Morgan fingerprint density at radius 3 is 2.53 bits per heavy atom. The van der Waals surface area contributed by atoms with Gasteiger partial charge in [-0.2, -0.15) is 0 Å². The molecular formula is C13H26N2O2. The van der Waals surface area contributed by atoms with Gasteiger partial charge in [0.1, 0.15) is 0 Å². The Hall–Kier alpha value is -0.610. The van der Waals surface area contributed by atoms with E-state index in [0.717, 1.165) is 25.4 Å². The van der Waals surface area contributed by atoms with Crippen molar-refractivity contribution >= 4 is 5.91 Å². The van der Waals surface area contributed by atoms with Crippen LogP contribution in [0.5, 0.6) is 0 Å². The van der Waals surface area contributed by atoms with Crippen molar-refractivity contribution < 1.29 is 9.53 Å². The highest BCUT2D eigenvalue weighted by Crippen LogP contribution is 2.28. The molecular weight excluding hydrogens is 216 g/mol. The molecule has 0 unspecified atom stereocenters. The topological polar surface area (TPSA) is 64.4 Å². The molecule has 1 fully saturated rings. The molecule has 4 heteroatoms. The van der Waals surface area contributed by atoms with Crippen LogP contribution >= 0.6 is 0 Å². The molecule has 0 spiro atoms. The van der Waals surface area contributed by atoms with Gasteiger partial charge in [-0.05, 0) is 31.6 Å². The van der Waals surface area contributed by atoms with Crippen LogP contribution in [0.2, 0.25) is 0 Å². The van der Waals surface area contributed by atoms with Gasteiger partial charge in [0.15, 0.2) is 0 Å². The fourth-order valence-electron chi connectivity index (χ4n) is 1.91. The molecule has 0 aromatic heterocycles. The van der Waals surface area contributed by atoms with E-state index in [2.05, 4.69) is 5.32 Å². The molecule has 1 aliphatic rings. The Labute approximate surface area is 104 Å². The minimum absolute atomic E-state index is 0.0695. The maximum absolute atomic E-state index is 12.0. The number of hydrogen-bond donors (Lipinski definition) is 2. The minimum Gasteiger partial charge on any atom is -0.379 e. The predicted octanol–water partition coefficient (Wildman–Crippen LogP) is 1.29. The Kier molecular flexibility index (Phi) is 5.92. The number of nitrogens with two attached hydrogens (primary N) is 1. The summed E-state index contributed by atoms with van der Waals surface area (Å²) in [5.41, 5.74) is 5.32. The molecule has 1 aliphatic carbocycles. The number of ether oxygens (including phenoxy) is 1. The van der Waals surface area contributed by atoms with Gasteiger partial charge in [0, 0.05) is 19.7 Å². The molecule has 1 saturated carbocycles. The summed E-state index contributed by atoms with van der Waals surface area (Å²) in [7, 11) is 0. The molecule has 4 nitrogen and oxygen atoms in total. The summed E-state index contributed by atoms with van der Waals surface area (Å²) in [6.45, 7) is 6.48. The fourth-order valence-corrected chi connectivity index (χ4v) is 1.91. The predicted molar refractivity (Wildman–Crippen MR) is 68.6 cm³/mol. The van der Waals surface area contributed by atoms with E-state index in [1.807, 2.05) is 13.8 Å². The molecule has 0 saturated heterocycles. The highest BCUT2D eigenvalue weighted by atomic mass is 16.5. The second-order valence-corrected chi connectivity index (χ2v) is 4.97. The molecule has 0 aliphatic heterocycles. The number of nitrogens with one attached hydrogen (secondary N) is 1. The third kappa shape index (κ3) is 4.28. The van der Waals surface area contributed by atoms with Crippen molar-refractivity contribution in [3.63, 3.8) is 0 Å². The van der Waals surface area contributed by atoms with Crippen LogP contribution in [0.15, 0.2) is 0 Å². The van der Waals surface area contributed by atoms with Gasteiger partial charge >= 0.3 is 0 Å². The third-order valence-corrected chi connectivity index (χ3v) is 3.81. The lowest BCUT2D eigenvalue weighted by molar-refractivity contribution is -0.131. The van der Waals surface area contributed by atoms with E-state index in [4.69, 9.17) is 10.5 Å². The van der Waals surface area contributed by atoms with Crippen LogP contribution in [0.1, 0.15) is 39.5 Å². The van der Waals surface area contributed by atoms with Crippen molar-refractivity contribution in [2.24, 2.45) is 17.1 Å². The zero-order valence-corrected chi connectivity index (χ0v) is 11.1. The number of hydrogen-bond acceptors (Lipinski definition) is 3. The highest BCUT2D eigenvalue weighted by molar-refractivity contribution is 5.82. The summed E-state index contributed by atoms with van der Waals surface area (Å²) in [6.07, 6.45) is 4.17.